The van der Waals surface area contributed by atoms with Gasteiger partial charge in [0.2, 0.25) is 0 Å². The van der Waals surface area contributed by atoms with E-state index in [-0.39, 0.29) is 5.41 Å². The number of hydrogen-bond donors (Lipinski definition) is 2. The van der Waals surface area contributed by atoms with E-state index in [1.807, 2.05) is 24.4 Å². The van der Waals surface area contributed by atoms with Gasteiger partial charge >= 0.3 is 11.8 Å². The Bertz CT molecular complexity index is 770. The van der Waals surface area contributed by atoms with Crippen molar-refractivity contribution in [1.82, 2.24) is 5.32 Å². The first kappa shape index (κ1) is 19.4. The van der Waals surface area contributed by atoms with Gasteiger partial charge in [0, 0.05) is 30.1 Å². The van der Waals surface area contributed by atoms with Gasteiger partial charge in [-0.1, -0.05) is 18.2 Å². The van der Waals surface area contributed by atoms with Gasteiger partial charge < -0.3 is 20.1 Å². The number of amides is 2. The highest BCUT2D eigenvalue weighted by Crippen LogP contribution is 2.37. The molecule has 0 saturated carbocycles. The molecule has 6 nitrogen and oxygen atoms in total. The molecule has 1 saturated heterocycles. The van der Waals surface area contributed by atoms with Gasteiger partial charge in [-0.15, -0.1) is 11.3 Å². The van der Waals surface area contributed by atoms with E-state index in [1.165, 1.54) is 4.88 Å². The van der Waals surface area contributed by atoms with Gasteiger partial charge in [-0.05, 0) is 43.3 Å². The van der Waals surface area contributed by atoms with Crippen LogP contribution in [0.3, 0.4) is 0 Å². The summed E-state index contributed by atoms with van der Waals surface area (Å²) in [6.45, 7) is 4.06. The minimum Gasteiger partial charge on any atom is -0.492 e. The molecule has 1 aromatic heterocycles. The van der Waals surface area contributed by atoms with Crippen LogP contribution in [0.15, 0.2) is 41.8 Å². The summed E-state index contributed by atoms with van der Waals surface area (Å²) in [6.07, 6.45) is 1.64. The highest BCUT2D eigenvalue weighted by molar-refractivity contribution is 7.10. The van der Waals surface area contributed by atoms with Gasteiger partial charge in [0.15, 0.2) is 0 Å². The molecule has 2 N–H and O–H groups in total. The molecule has 1 aliphatic heterocycles. The van der Waals surface area contributed by atoms with Crippen LogP contribution in [0.1, 0.15) is 24.6 Å². The third-order valence-electron chi connectivity index (χ3n) is 4.72. The zero-order valence-corrected chi connectivity index (χ0v) is 16.1. The third kappa shape index (κ3) is 4.67. The number of carbonyl (C=O) groups is 2. The van der Waals surface area contributed by atoms with Crippen LogP contribution in [0, 0.1) is 0 Å². The third-order valence-corrected chi connectivity index (χ3v) is 5.84. The smallest absolute Gasteiger partial charge is 0.313 e. The lowest BCUT2D eigenvalue weighted by Crippen LogP contribution is -2.46. The zero-order valence-electron chi connectivity index (χ0n) is 15.3. The summed E-state index contributed by atoms with van der Waals surface area (Å²) in [5, 5.41) is 7.48. The van der Waals surface area contributed by atoms with E-state index in [0.29, 0.717) is 37.8 Å². The predicted octanol–water partition coefficient (Wildman–Crippen LogP) is 2.95. The van der Waals surface area contributed by atoms with E-state index in [9.17, 15) is 9.59 Å². The lowest BCUT2D eigenvalue weighted by atomic mass is 9.78. The van der Waals surface area contributed by atoms with Crippen molar-refractivity contribution in [3.8, 4) is 5.75 Å². The van der Waals surface area contributed by atoms with Crippen molar-refractivity contribution in [3.05, 3.63) is 46.7 Å². The summed E-state index contributed by atoms with van der Waals surface area (Å²) in [4.78, 5) is 25.9. The average molecular weight is 388 g/mol. The predicted molar refractivity (Wildman–Crippen MR) is 105 cm³/mol. The number of thiophene rings is 1. The zero-order chi connectivity index (χ0) is 19.1. The first-order valence-electron chi connectivity index (χ1n) is 9.07. The maximum absolute atomic E-state index is 12.4. The first-order chi connectivity index (χ1) is 13.1. The van der Waals surface area contributed by atoms with Crippen LogP contribution in [-0.4, -0.2) is 38.2 Å². The van der Waals surface area contributed by atoms with E-state index in [1.54, 1.807) is 29.5 Å². The number of para-hydroxylation sites is 2. The molecular weight excluding hydrogens is 364 g/mol. The highest BCUT2D eigenvalue weighted by atomic mass is 32.1. The molecule has 144 valence electrons. The lowest BCUT2D eigenvalue weighted by Gasteiger charge is -2.36. The lowest BCUT2D eigenvalue weighted by molar-refractivity contribution is -0.136. The number of rotatable bonds is 6. The number of hydrogen-bond acceptors (Lipinski definition) is 5. The van der Waals surface area contributed by atoms with Crippen LogP contribution in [0.5, 0.6) is 5.75 Å². The SMILES string of the molecule is CCOc1ccccc1NC(=O)C(=O)NCC1(c2cccs2)CCOCC1. The van der Waals surface area contributed by atoms with E-state index >= 15 is 0 Å². The summed E-state index contributed by atoms with van der Waals surface area (Å²) in [7, 11) is 0. The molecule has 1 fully saturated rings. The molecule has 0 aliphatic carbocycles. The maximum atomic E-state index is 12.4. The molecule has 0 unspecified atom stereocenters. The molecule has 0 spiro atoms. The first-order valence-corrected chi connectivity index (χ1v) is 9.95. The van der Waals surface area contributed by atoms with Crippen molar-refractivity contribution in [2.75, 3.05) is 31.7 Å². The molecule has 1 aromatic carbocycles. The average Bonchev–Trinajstić information content (AvgIpc) is 3.24. The number of nitrogens with one attached hydrogen (secondary N) is 2. The molecule has 7 heteroatoms. The fraction of sp³-hybridized carbons (Fsp3) is 0.400. The van der Waals surface area contributed by atoms with Crippen LogP contribution >= 0.6 is 11.3 Å². The molecule has 1 aliphatic rings. The maximum Gasteiger partial charge on any atom is 0.313 e. The Morgan fingerprint density at radius 2 is 1.93 bits per heavy atom. The number of benzene rings is 1. The summed E-state index contributed by atoms with van der Waals surface area (Å²) in [5.74, 6) is -0.806. The Morgan fingerprint density at radius 1 is 1.15 bits per heavy atom. The Labute approximate surface area is 162 Å². The van der Waals surface area contributed by atoms with Crippen LogP contribution < -0.4 is 15.4 Å². The molecule has 0 radical (unpaired) electrons. The van der Waals surface area contributed by atoms with E-state index in [4.69, 9.17) is 9.47 Å². The summed E-state index contributed by atoms with van der Waals surface area (Å²) >= 11 is 1.67. The van der Waals surface area contributed by atoms with Gasteiger partial charge in [-0.25, -0.2) is 0 Å². The highest BCUT2D eigenvalue weighted by Gasteiger charge is 2.36. The fourth-order valence-corrected chi connectivity index (χ4v) is 4.20. The molecule has 0 bridgehead atoms. The normalized spacial score (nSPS) is 15.7. The number of carbonyl (C=O) groups excluding carboxylic acids is 2. The Morgan fingerprint density at radius 3 is 2.63 bits per heavy atom. The molecule has 27 heavy (non-hydrogen) atoms. The summed E-state index contributed by atoms with van der Waals surface area (Å²) < 4.78 is 11.0. The van der Waals surface area contributed by atoms with Gasteiger partial charge in [-0.2, -0.15) is 0 Å². The molecule has 2 aromatic rings. The van der Waals surface area contributed by atoms with Crippen LogP contribution in [0.4, 0.5) is 5.69 Å². The second-order valence-corrected chi connectivity index (χ2v) is 7.38. The number of anilines is 1. The topological polar surface area (TPSA) is 76.7 Å². The van der Waals surface area contributed by atoms with Crippen LogP contribution in [0.25, 0.3) is 0 Å². The molecule has 2 amide bonds. The Hall–Kier alpha value is -2.38. The minimum atomic E-state index is -0.699. The second kappa shape index (κ2) is 9.01. The van der Waals surface area contributed by atoms with Gasteiger partial charge in [-0.3, -0.25) is 9.59 Å². The molecule has 2 heterocycles. The van der Waals surface area contributed by atoms with Crippen molar-refractivity contribution in [2.24, 2.45) is 0 Å². The van der Waals surface area contributed by atoms with E-state index in [2.05, 4.69) is 16.7 Å². The number of ether oxygens (including phenoxy) is 2. The van der Waals surface area contributed by atoms with Crippen molar-refractivity contribution in [3.63, 3.8) is 0 Å². The van der Waals surface area contributed by atoms with Crippen molar-refractivity contribution < 1.29 is 19.1 Å². The van der Waals surface area contributed by atoms with E-state index < -0.39 is 11.8 Å². The van der Waals surface area contributed by atoms with Gasteiger partial charge in [0.05, 0.1) is 12.3 Å². The van der Waals surface area contributed by atoms with Crippen molar-refractivity contribution in [2.45, 2.75) is 25.2 Å². The van der Waals surface area contributed by atoms with Crippen LogP contribution in [-0.2, 0) is 19.7 Å². The van der Waals surface area contributed by atoms with Crippen molar-refractivity contribution in [1.29, 1.82) is 0 Å². The van der Waals surface area contributed by atoms with E-state index in [0.717, 1.165) is 12.8 Å². The minimum absolute atomic E-state index is 0.175. The monoisotopic (exact) mass is 388 g/mol. The van der Waals surface area contributed by atoms with Crippen molar-refractivity contribution >= 4 is 28.8 Å². The largest absolute Gasteiger partial charge is 0.492 e. The molecule has 0 atom stereocenters. The standard InChI is InChI=1S/C20H24N2O4S/c1-2-26-16-7-4-3-6-15(16)22-19(24)18(23)21-14-20(9-11-25-12-10-20)17-8-5-13-27-17/h3-8,13H,2,9-12,14H2,1H3,(H,21,23)(H,22,24). The molecular formula is C20H24N2O4S. The molecule has 3 rings (SSSR count). The summed E-state index contributed by atoms with van der Waals surface area (Å²) in [6, 6.07) is 11.2. The Kier molecular flexibility index (Phi) is 6.47. The second-order valence-electron chi connectivity index (χ2n) is 6.44. The quantitative estimate of drug-likeness (QED) is 0.746. The summed E-state index contributed by atoms with van der Waals surface area (Å²) in [5.41, 5.74) is 0.310. The Balaban J connectivity index is 1.63. The van der Waals surface area contributed by atoms with Crippen LogP contribution in [0.2, 0.25) is 0 Å². The van der Waals surface area contributed by atoms with Gasteiger partial charge in [0.1, 0.15) is 5.75 Å². The van der Waals surface area contributed by atoms with Gasteiger partial charge in [0.25, 0.3) is 0 Å². The fourth-order valence-electron chi connectivity index (χ4n) is 3.21.